The van der Waals surface area contributed by atoms with Gasteiger partial charge in [0.1, 0.15) is 5.82 Å². The summed E-state index contributed by atoms with van der Waals surface area (Å²) in [5.74, 6) is 0.0118. The maximum atomic E-state index is 12.7. The van der Waals surface area contributed by atoms with Crippen LogP contribution in [0.25, 0.3) is 0 Å². The van der Waals surface area contributed by atoms with Gasteiger partial charge in [0.25, 0.3) is 0 Å². The summed E-state index contributed by atoms with van der Waals surface area (Å²) in [7, 11) is 1.58. The molecule has 2 aromatic rings. The van der Waals surface area contributed by atoms with Crippen molar-refractivity contribution in [3.8, 4) is 0 Å². The van der Waals surface area contributed by atoms with Gasteiger partial charge in [0.2, 0.25) is 5.91 Å². The minimum absolute atomic E-state index is 0.0483. The second-order valence-corrected chi connectivity index (χ2v) is 5.50. The van der Waals surface area contributed by atoms with Crippen molar-refractivity contribution in [1.82, 2.24) is 14.5 Å². The summed E-state index contributed by atoms with van der Waals surface area (Å²) in [5.41, 5.74) is 0.868. The highest BCUT2D eigenvalue weighted by Crippen LogP contribution is 2.15. The Morgan fingerprint density at radius 1 is 1.38 bits per heavy atom. The van der Waals surface area contributed by atoms with Gasteiger partial charge in [0.05, 0.1) is 13.0 Å². The Bertz CT molecular complexity index is 613. The lowest BCUT2D eigenvalue weighted by Crippen LogP contribution is -2.29. The van der Waals surface area contributed by atoms with Crippen molar-refractivity contribution in [3.63, 3.8) is 0 Å². The minimum Gasteiger partial charge on any atom is -0.338 e. The molecule has 0 radical (unpaired) electrons. The molecule has 1 aromatic heterocycles. The van der Waals surface area contributed by atoms with E-state index in [0.717, 1.165) is 14.6 Å². The quantitative estimate of drug-likeness (QED) is 0.823. The molecule has 0 aliphatic carbocycles. The topological polar surface area (TPSA) is 38.1 Å². The average molecular weight is 358 g/mol. The van der Waals surface area contributed by atoms with Crippen LogP contribution < -0.4 is 0 Å². The Morgan fingerprint density at radius 2 is 2.05 bits per heavy atom. The van der Waals surface area contributed by atoms with Crippen molar-refractivity contribution in [2.75, 3.05) is 7.05 Å². The summed E-state index contributed by atoms with van der Waals surface area (Å²) in [6.45, 7) is -2.61. The molecule has 1 aromatic carbocycles. The zero-order valence-corrected chi connectivity index (χ0v) is 12.9. The van der Waals surface area contributed by atoms with Crippen LogP contribution in [0.15, 0.2) is 41.1 Å². The second kappa shape index (κ2) is 6.80. The highest BCUT2D eigenvalue weighted by Gasteiger charge is 2.16. The van der Waals surface area contributed by atoms with Gasteiger partial charge in [0, 0.05) is 23.9 Å². The molecule has 4 nitrogen and oxygen atoms in total. The number of likely N-dealkylation sites (N-methyl/N-ethyl adjacent to an activating group) is 1. The minimum atomic E-state index is -2.66. The predicted molar refractivity (Wildman–Crippen MR) is 77.8 cm³/mol. The molecule has 7 heteroatoms. The number of hydrogen-bond donors (Lipinski definition) is 0. The van der Waals surface area contributed by atoms with Crippen LogP contribution in [0.2, 0.25) is 0 Å². The van der Waals surface area contributed by atoms with Crippen molar-refractivity contribution >= 4 is 21.8 Å². The number of nitrogens with zero attached hydrogens (tertiary/aromatic N) is 3. The highest BCUT2D eigenvalue weighted by molar-refractivity contribution is 9.10. The number of amides is 1. The van der Waals surface area contributed by atoms with Crippen LogP contribution in [-0.4, -0.2) is 27.4 Å². The molecular formula is C14H14BrF2N3O. The number of carbonyl (C=O) groups excluding carboxylic acids is 1. The standard InChI is InChI=1S/C14H14BrF2N3O/c1-19(9-12-18-6-7-20(12)14(16)17)13(21)8-10-2-4-11(15)5-3-10/h2-7,14H,8-9H2,1H3. The molecule has 0 atom stereocenters. The third kappa shape index (κ3) is 4.10. The molecule has 21 heavy (non-hydrogen) atoms. The smallest absolute Gasteiger partial charge is 0.319 e. The number of rotatable bonds is 5. The van der Waals surface area contributed by atoms with Crippen LogP contribution in [0.5, 0.6) is 0 Å². The van der Waals surface area contributed by atoms with Gasteiger partial charge in [-0.05, 0) is 17.7 Å². The fourth-order valence-electron chi connectivity index (χ4n) is 1.86. The molecular weight excluding hydrogens is 344 g/mol. The summed E-state index contributed by atoms with van der Waals surface area (Å²) in [6.07, 6.45) is 2.72. The van der Waals surface area contributed by atoms with Gasteiger partial charge in [-0.2, -0.15) is 8.78 Å². The normalized spacial score (nSPS) is 10.9. The maximum absolute atomic E-state index is 12.7. The van der Waals surface area contributed by atoms with Crippen molar-refractivity contribution in [1.29, 1.82) is 0 Å². The summed E-state index contributed by atoms with van der Waals surface area (Å²) in [4.78, 5) is 17.3. The molecule has 0 saturated heterocycles. The van der Waals surface area contributed by atoms with E-state index in [1.165, 1.54) is 17.3 Å². The average Bonchev–Trinajstić information content (AvgIpc) is 2.89. The van der Waals surface area contributed by atoms with E-state index in [1.807, 2.05) is 24.3 Å². The van der Waals surface area contributed by atoms with Crippen molar-refractivity contribution in [3.05, 3.63) is 52.5 Å². The van der Waals surface area contributed by atoms with E-state index in [4.69, 9.17) is 0 Å². The first kappa shape index (κ1) is 15.6. The molecule has 0 fully saturated rings. The van der Waals surface area contributed by atoms with Crippen LogP contribution >= 0.6 is 15.9 Å². The third-order valence-electron chi connectivity index (χ3n) is 3.03. The Kier molecular flexibility index (Phi) is 5.06. The van der Waals surface area contributed by atoms with E-state index < -0.39 is 6.55 Å². The van der Waals surface area contributed by atoms with Gasteiger partial charge < -0.3 is 4.90 Å². The lowest BCUT2D eigenvalue weighted by Gasteiger charge is -2.17. The number of aromatic nitrogens is 2. The largest absolute Gasteiger partial charge is 0.338 e. The van der Waals surface area contributed by atoms with E-state index in [-0.39, 0.29) is 24.7 Å². The van der Waals surface area contributed by atoms with Crippen molar-refractivity contribution < 1.29 is 13.6 Å². The Balaban J connectivity index is 1.99. The lowest BCUT2D eigenvalue weighted by atomic mass is 10.1. The van der Waals surface area contributed by atoms with E-state index in [1.54, 1.807) is 7.05 Å². The molecule has 1 heterocycles. The SMILES string of the molecule is CN(Cc1nccn1C(F)F)C(=O)Cc1ccc(Br)cc1. The van der Waals surface area contributed by atoms with Gasteiger partial charge >= 0.3 is 6.55 Å². The Hall–Kier alpha value is -1.76. The van der Waals surface area contributed by atoms with Crippen molar-refractivity contribution in [2.24, 2.45) is 0 Å². The molecule has 0 unspecified atom stereocenters. The van der Waals surface area contributed by atoms with E-state index in [9.17, 15) is 13.6 Å². The molecule has 112 valence electrons. The van der Waals surface area contributed by atoms with E-state index >= 15 is 0 Å². The van der Waals surface area contributed by atoms with E-state index in [0.29, 0.717) is 0 Å². The Morgan fingerprint density at radius 3 is 2.67 bits per heavy atom. The molecule has 0 spiro atoms. The first-order chi connectivity index (χ1) is 9.97. The predicted octanol–water partition coefficient (Wildman–Crippen LogP) is 3.24. The first-order valence-electron chi connectivity index (χ1n) is 6.25. The maximum Gasteiger partial charge on any atom is 0.319 e. The lowest BCUT2D eigenvalue weighted by molar-refractivity contribution is -0.129. The van der Waals surface area contributed by atoms with Gasteiger partial charge in [-0.3, -0.25) is 9.36 Å². The summed E-state index contributed by atoms with van der Waals surface area (Å²) in [5, 5.41) is 0. The fraction of sp³-hybridized carbons (Fsp3) is 0.286. The fourth-order valence-corrected chi connectivity index (χ4v) is 2.12. The number of hydrogen-bond acceptors (Lipinski definition) is 2. The highest BCUT2D eigenvalue weighted by atomic mass is 79.9. The zero-order valence-electron chi connectivity index (χ0n) is 11.3. The van der Waals surface area contributed by atoms with Crippen LogP contribution in [0.1, 0.15) is 17.9 Å². The van der Waals surface area contributed by atoms with Gasteiger partial charge in [-0.25, -0.2) is 4.98 Å². The Labute approximate surface area is 129 Å². The number of halogens is 3. The van der Waals surface area contributed by atoms with Gasteiger partial charge in [-0.15, -0.1) is 0 Å². The van der Waals surface area contributed by atoms with Crippen molar-refractivity contribution in [2.45, 2.75) is 19.5 Å². The van der Waals surface area contributed by atoms with Crippen LogP contribution in [0.3, 0.4) is 0 Å². The molecule has 0 N–H and O–H groups in total. The molecule has 0 aliphatic heterocycles. The molecule has 0 aliphatic rings. The molecule has 0 bridgehead atoms. The van der Waals surface area contributed by atoms with Gasteiger partial charge in [-0.1, -0.05) is 28.1 Å². The number of benzene rings is 1. The van der Waals surface area contributed by atoms with Gasteiger partial charge in [0.15, 0.2) is 0 Å². The summed E-state index contributed by atoms with van der Waals surface area (Å²) < 4.78 is 27.1. The number of imidazole rings is 1. The molecule has 0 saturated carbocycles. The van der Waals surface area contributed by atoms with Crippen LogP contribution in [0.4, 0.5) is 8.78 Å². The van der Waals surface area contributed by atoms with E-state index in [2.05, 4.69) is 20.9 Å². The summed E-state index contributed by atoms with van der Waals surface area (Å²) in [6, 6.07) is 7.39. The van der Waals surface area contributed by atoms with Crippen LogP contribution in [-0.2, 0) is 17.8 Å². The first-order valence-corrected chi connectivity index (χ1v) is 7.05. The molecule has 2 rings (SSSR count). The summed E-state index contributed by atoms with van der Waals surface area (Å²) >= 11 is 3.32. The third-order valence-corrected chi connectivity index (χ3v) is 3.56. The molecule has 1 amide bonds. The number of alkyl halides is 2. The number of carbonyl (C=O) groups is 1. The monoisotopic (exact) mass is 357 g/mol. The second-order valence-electron chi connectivity index (χ2n) is 4.58. The zero-order chi connectivity index (χ0) is 15.4. The van der Waals surface area contributed by atoms with Crippen LogP contribution in [0, 0.1) is 0 Å².